The van der Waals surface area contributed by atoms with Crippen molar-refractivity contribution in [3.8, 4) is 0 Å². The summed E-state index contributed by atoms with van der Waals surface area (Å²) in [7, 11) is 0. The van der Waals surface area contributed by atoms with E-state index in [-0.39, 0.29) is 11.8 Å². The smallest absolute Gasteiger partial charge is 0.255 e. The van der Waals surface area contributed by atoms with Crippen LogP contribution in [0.15, 0.2) is 60.1 Å². The van der Waals surface area contributed by atoms with Crippen LogP contribution in [0.25, 0.3) is 0 Å². The lowest BCUT2D eigenvalue weighted by Crippen LogP contribution is -2.12. The minimum absolute atomic E-state index is 0.163. The molecule has 0 aliphatic rings. The van der Waals surface area contributed by atoms with Gasteiger partial charge in [-0.2, -0.15) is 0 Å². The summed E-state index contributed by atoms with van der Waals surface area (Å²) in [6, 6.07) is 14.2. The summed E-state index contributed by atoms with van der Waals surface area (Å²) in [5.41, 5.74) is 2.54. The fourth-order valence-electron chi connectivity index (χ4n) is 2.23. The number of anilines is 4. The lowest BCUT2D eigenvalue weighted by atomic mass is 10.2. The van der Waals surface area contributed by atoms with Crippen LogP contribution >= 0.6 is 11.3 Å². The van der Waals surface area contributed by atoms with Gasteiger partial charge in [0, 0.05) is 41.1 Å². The minimum atomic E-state index is -0.234. The highest BCUT2D eigenvalue weighted by Crippen LogP contribution is 2.21. The predicted molar refractivity (Wildman–Crippen MR) is 101 cm³/mol. The van der Waals surface area contributed by atoms with Gasteiger partial charge >= 0.3 is 0 Å². The van der Waals surface area contributed by atoms with Crippen molar-refractivity contribution in [2.45, 2.75) is 6.92 Å². The number of rotatable bonds is 5. The Morgan fingerprint density at radius 2 is 1.68 bits per heavy atom. The van der Waals surface area contributed by atoms with Gasteiger partial charge in [0.2, 0.25) is 5.91 Å². The van der Waals surface area contributed by atoms with Crippen LogP contribution in [0.5, 0.6) is 0 Å². The number of carbonyl (C=O) groups excluding carboxylic acids is 2. The lowest BCUT2D eigenvalue weighted by molar-refractivity contribution is -0.114. The molecule has 126 valence electrons. The third-order valence-electron chi connectivity index (χ3n) is 3.25. The van der Waals surface area contributed by atoms with E-state index >= 15 is 0 Å². The second kappa shape index (κ2) is 7.59. The van der Waals surface area contributed by atoms with E-state index < -0.39 is 0 Å². The van der Waals surface area contributed by atoms with Gasteiger partial charge in [-0.3, -0.25) is 9.59 Å². The van der Waals surface area contributed by atoms with Crippen molar-refractivity contribution in [3.63, 3.8) is 0 Å². The fraction of sp³-hybridized carbons (Fsp3) is 0.0556. The number of hydrogen-bond acceptors (Lipinski definition) is 5. The molecule has 1 aromatic heterocycles. The van der Waals surface area contributed by atoms with E-state index in [1.807, 2.05) is 11.4 Å². The average Bonchev–Trinajstić information content (AvgIpc) is 3.08. The molecule has 1 heterocycles. The van der Waals surface area contributed by atoms with Crippen LogP contribution in [-0.4, -0.2) is 16.8 Å². The van der Waals surface area contributed by atoms with Gasteiger partial charge in [-0.1, -0.05) is 12.1 Å². The zero-order chi connectivity index (χ0) is 17.6. The largest absolute Gasteiger partial charge is 0.332 e. The van der Waals surface area contributed by atoms with Crippen LogP contribution in [-0.2, 0) is 4.79 Å². The zero-order valence-corrected chi connectivity index (χ0v) is 14.3. The molecule has 0 atom stereocenters. The molecule has 3 rings (SSSR count). The van der Waals surface area contributed by atoms with Crippen molar-refractivity contribution >= 4 is 45.3 Å². The highest BCUT2D eigenvalue weighted by molar-refractivity contribution is 7.13. The van der Waals surface area contributed by atoms with Crippen molar-refractivity contribution in [1.82, 2.24) is 4.98 Å². The quantitative estimate of drug-likeness (QED) is 0.646. The Morgan fingerprint density at radius 1 is 0.960 bits per heavy atom. The van der Waals surface area contributed by atoms with Crippen molar-refractivity contribution in [1.29, 1.82) is 0 Å². The molecule has 0 radical (unpaired) electrons. The second-order valence-electron chi connectivity index (χ2n) is 5.26. The Hall–Kier alpha value is -3.19. The van der Waals surface area contributed by atoms with E-state index in [0.717, 1.165) is 10.8 Å². The molecule has 3 aromatic rings. The van der Waals surface area contributed by atoms with Crippen LogP contribution in [0.2, 0.25) is 0 Å². The molecule has 0 bridgehead atoms. The molecule has 3 N–H and O–H groups in total. The predicted octanol–water partition coefficient (Wildman–Crippen LogP) is 4.10. The van der Waals surface area contributed by atoms with Crippen LogP contribution in [0.1, 0.15) is 17.3 Å². The maximum atomic E-state index is 12.5. The van der Waals surface area contributed by atoms with E-state index in [2.05, 4.69) is 20.9 Å². The summed E-state index contributed by atoms with van der Waals surface area (Å²) in [6.07, 6.45) is 1.71. The zero-order valence-electron chi connectivity index (χ0n) is 13.4. The van der Waals surface area contributed by atoms with E-state index in [4.69, 9.17) is 0 Å². The van der Waals surface area contributed by atoms with E-state index in [9.17, 15) is 9.59 Å². The van der Waals surface area contributed by atoms with E-state index in [1.165, 1.54) is 18.3 Å². The number of thiazole rings is 1. The van der Waals surface area contributed by atoms with Gasteiger partial charge in [0.05, 0.1) is 0 Å². The Labute approximate surface area is 148 Å². The van der Waals surface area contributed by atoms with Gasteiger partial charge in [0.25, 0.3) is 5.91 Å². The topological polar surface area (TPSA) is 83.1 Å². The highest BCUT2D eigenvalue weighted by atomic mass is 32.1. The second-order valence-corrected chi connectivity index (χ2v) is 6.15. The standard InChI is InChI=1S/C18H16N4O2S/c1-12(23)20-15-6-3-7-16(11-15)21-17(24)13-4-2-5-14(10-13)22-18-19-8-9-25-18/h2-11H,1H3,(H,19,22)(H,20,23)(H,21,24). The molecular formula is C18H16N4O2S. The Bertz CT molecular complexity index is 894. The first kappa shape index (κ1) is 16.7. The highest BCUT2D eigenvalue weighted by Gasteiger charge is 2.08. The van der Waals surface area contributed by atoms with Gasteiger partial charge in [-0.05, 0) is 36.4 Å². The van der Waals surface area contributed by atoms with Gasteiger partial charge in [-0.25, -0.2) is 4.98 Å². The monoisotopic (exact) mass is 352 g/mol. The van der Waals surface area contributed by atoms with Crippen molar-refractivity contribution < 1.29 is 9.59 Å². The third kappa shape index (κ3) is 4.65. The summed E-state index contributed by atoms with van der Waals surface area (Å²) in [5.74, 6) is -0.396. The van der Waals surface area contributed by atoms with E-state index in [1.54, 1.807) is 48.7 Å². The molecule has 2 amide bonds. The third-order valence-corrected chi connectivity index (χ3v) is 3.94. The molecule has 7 heteroatoms. The molecule has 25 heavy (non-hydrogen) atoms. The van der Waals surface area contributed by atoms with Crippen LogP contribution in [0.3, 0.4) is 0 Å². The van der Waals surface area contributed by atoms with Crippen LogP contribution in [0, 0.1) is 0 Å². The molecule has 0 unspecified atom stereocenters. The number of aromatic nitrogens is 1. The average molecular weight is 352 g/mol. The van der Waals surface area contributed by atoms with Crippen LogP contribution < -0.4 is 16.0 Å². The molecule has 2 aromatic carbocycles. The first-order chi connectivity index (χ1) is 12.1. The van der Waals surface area contributed by atoms with Crippen molar-refractivity contribution in [2.75, 3.05) is 16.0 Å². The first-order valence-electron chi connectivity index (χ1n) is 7.56. The number of carbonyl (C=O) groups is 2. The molecule has 0 saturated carbocycles. The number of amides is 2. The summed E-state index contributed by atoms with van der Waals surface area (Å²) in [4.78, 5) is 27.7. The number of nitrogens with zero attached hydrogens (tertiary/aromatic N) is 1. The summed E-state index contributed by atoms with van der Waals surface area (Å²) < 4.78 is 0. The Morgan fingerprint density at radius 3 is 2.40 bits per heavy atom. The van der Waals surface area contributed by atoms with Gasteiger partial charge < -0.3 is 16.0 Å². The first-order valence-corrected chi connectivity index (χ1v) is 8.44. The van der Waals surface area contributed by atoms with E-state index in [0.29, 0.717) is 16.9 Å². The minimum Gasteiger partial charge on any atom is -0.332 e. The normalized spacial score (nSPS) is 10.1. The summed E-state index contributed by atoms with van der Waals surface area (Å²) >= 11 is 1.48. The van der Waals surface area contributed by atoms with Crippen molar-refractivity contribution in [2.24, 2.45) is 0 Å². The van der Waals surface area contributed by atoms with Crippen molar-refractivity contribution in [3.05, 3.63) is 65.7 Å². The number of nitrogens with one attached hydrogen (secondary N) is 3. The van der Waals surface area contributed by atoms with Gasteiger partial charge in [-0.15, -0.1) is 11.3 Å². The Kier molecular flexibility index (Phi) is 5.06. The molecule has 0 aliphatic carbocycles. The molecule has 0 spiro atoms. The van der Waals surface area contributed by atoms with Crippen LogP contribution in [0.4, 0.5) is 22.2 Å². The number of hydrogen-bond donors (Lipinski definition) is 3. The molecule has 0 aliphatic heterocycles. The molecule has 6 nitrogen and oxygen atoms in total. The summed E-state index contributed by atoms with van der Waals surface area (Å²) in [5, 5.41) is 11.3. The van der Waals surface area contributed by atoms with Gasteiger partial charge in [0.1, 0.15) is 0 Å². The fourth-order valence-corrected chi connectivity index (χ4v) is 2.78. The molecule has 0 saturated heterocycles. The summed E-state index contributed by atoms with van der Waals surface area (Å²) in [6.45, 7) is 1.44. The van der Waals surface area contributed by atoms with Gasteiger partial charge in [0.15, 0.2) is 5.13 Å². The lowest BCUT2D eigenvalue weighted by Gasteiger charge is -2.09. The maximum Gasteiger partial charge on any atom is 0.255 e. The maximum absolute atomic E-state index is 12.5. The number of benzene rings is 2. The Balaban J connectivity index is 1.72. The SMILES string of the molecule is CC(=O)Nc1cccc(NC(=O)c2cccc(Nc3nccs3)c2)c1. The molecule has 0 fully saturated rings. The molecular weight excluding hydrogens is 336 g/mol.